The second-order valence-corrected chi connectivity index (χ2v) is 3.27. The molecule has 0 bridgehead atoms. The van der Waals surface area contributed by atoms with Crippen LogP contribution in [0.3, 0.4) is 0 Å². The molecule has 5 nitrogen and oxygen atoms in total. The summed E-state index contributed by atoms with van der Waals surface area (Å²) in [5, 5.41) is 4.44. The van der Waals surface area contributed by atoms with E-state index in [9.17, 15) is 4.79 Å². The van der Waals surface area contributed by atoms with E-state index in [-0.39, 0.29) is 0 Å². The second kappa shape index (κ2) is 4.49. The Morgan fingerprint density at radius 3 is 2.46 bits per heavy atom. The van der Waals surface area contributed by atoms with Gasteiger partial charge in [-0.25, -0.2) is 4.79 Å². The highest BCUT2D eigenvalue weighted by Gasteiger charge is 2.19. The van der Waals surface area contributed by atoms with E-state index in [0.717, 1.165) is 11.3 Å². The molecule has 0 aromatic rings. The first-order valence-corrected chi connectivity index (χ1v) is 3.79. The second-order valence-electron chi connectivity index (χ2n) is 3.27. The van der Waals surface area contributed by atoms with Crippen LogP contribution >= 0.6 is 0 Å². The summed E-state index contributed by atoms with van der Waals surface area (Å²) >= 11 is 0. The summed E-state index contributed by atoms with van der Waals surface area (Å²) in [7, 11) is 0. The third kappa shape index (κ3) is 4.84. The number of carbonyl (C=O) groups is 1. The maximum Gasteiger partial charge on any atom is 0.435 e. The molecule has 0 fully saturated rings. The van der Waals surface area contributed by atoms with E-state index in [0.29, 0.717) is 0 Å². The van der Waals surface area contributed by atoms with Crippen LogP contribution in [0.15, 0.2) is 17.9 Å². The molecule has 2 N–H and O–H groups in total. The SMILES string of the molecule is C=CN(/N=C\N)C(=O)OC(C)(C)C. The zero-order valence-corrected chi connectivity index (χ0v) is 8.15. The van der Waals surface area contributed by atoms with E-state index in [1.54, 1.807) is 20.8 Å². The topological polar surface area (TPSA) is 67.9 Å². The first kappa shape index (κ1) is 11.5. The smallest absolute Gasteiger partial charge is 0.435 e. The van der Waals surface area contributed by atoms with Crippen LogP contribution in [0.25, 0.3) is 0 Å². The van der Waals surface area contributed by atoms with Gasteiger partial charge in [0.2, 0.25) is 0 Å². The highest BCUT2D eigenvalue weighted by atomic mass is 16.6. The van der Waals surface area contributed by atoms with Gasteiger partial charge in [-0.05, 0) is 20.8 Å². The van der Waals surface area contributed by atoms with E-state index in [1.807, 2.05) is 0 Å². The molecule has 0 saturated heterocycles. The van der Waals surface area contributed by atoms with Crippen molar-refractivity contribution < 1.29 is 9.53 Å². The van der Waals surface area contributed by atoms with Crippen molar-refractivity contribution in [3.05, 3.63) is 12.8 Å². The van der Waals surface area contributed by atoms with Gasteiger partial charge in [0.05, 0.1) is 0 Å². The summed E-state index contributed by atoms with van der Waals surface area (Å²) < 4.78 is 4.99. The summed E-state index contributed by atoms with van der Waals surface area (Å²) in [4.78, 5) is 11.2. The van der Waals surface area contributed by atoms with Crippen LogP contribution in [0.5, 0.6) is 0 Å². The van der Waals surface area contributed by atoms with Gasteiger partial charge in [-0.1, -0.05) is 6.58 Å². The minimum absolute atomic E-state index is 0.553. The number of hydrazone groups is 1. The van der Waals surface area contributed by atoms with Crippen LogP contribution in [-0.2, 0) is 4.74 Å². The lowest BCUT2D eigenvalue weighted by Gasteiger charge is -2.21. The largest absolute Gasteiger partial charge is 0.442 e. The molecule has 0 heterocycles. The molecule has 0 aliphatic rings. The molecule has 0 aliphatic heterocycles. The highest BCUT2D eigenvalue weighted by Crippen LogP contribution is 2.09. The number of amides is 1. The van der Waals surface area contributed by atoms with E-state index < -0.39 is 11.7 Å². The van der Waals surface area contributed by atoms with Crippen molar-refractivity contribution >= 4 is 12.4 Å². The van der Waals surface area contributed by atoms with Crippen LogP contribution < -0.4 is 5.73 Å². The molecule has 5 heteroatoms. The summed E-state index contributed by atoms with van der Waals surface area (Å²) in [5.41, 5.74) is 4.46. The van der Waals surface area contributed by atoms with Crippen molar-refractivity contribution in [3.63, 3.8) is 0 Å². The van der Waals surface area contributed by atoms with Crippen LogP contribution in [0.4, 0.5) is 4.79 Å². The maximum absolute atomic E-state index is 11.2. The maximum atomic E-state index is 11.2. The van der Waals surface area contributed by atoms with Gasteiger partial charge in [0, 0.05) is 6.20 Å². The Balaban J connectivity index is 4.31. The Kier molecular flexibility index (Phi) is 3.97. The molecular weight excluding hydrogens is 170 g/mol. The third-order valence-corrected chi connectivity index (χ3v) is 0.945. The van der Waals surface area contributed by atoms with Crippen molar-refractivity contribution in [3.8, 4) is 0 Å². The number of hydrogen-bond acceptors (Lipinski definition) is 3. The molecule has 0 unspecified atom stereocenters. The number of carbonyl (C=O) groups excluding carboxylic acids is 1. The first-order valence-electron chi connectivity index (χ1n) is 3.79. The average molecular weight is 185 g/mol. The van der Waals surface area contributed by atoms with Gasteiger partial charge in [0.25, 0.3) is 0 Å². The summed E-state index contributed by atoms with van der Waals surface area (Å²) in [6.45, 7) is 8.67. The van der Waals surface area contributed by atoms with Gasteiger partial charge >= 0.3 is 6.09 Å². The molecule has 0 radical (unpaired) electrons. The molecule has 74 valence electrons. The van der Waals surface area contributed by atoms with Gasteiger partial charge in [-0.3, -0.25) is 0 Å². The Bertz CT molecular complexity index is 218. The van der Waals surface area contributed by atoms with Crippen LogP contribution in [0.2, 0.25) is 0 Å². The van der Waals surface area contributed by atoms with E-state index in [2.05, 4.69) is 11.7 Å². The predicted molar refractivity (Wildman–Crippen MR) is 50.9 cm³/mol. The van der Waals surface area contributed by atoms with E-state index >= 15 is 0 Å². The van der Waals surface area contributed by atoms with Crippen molar-refractivity contribution in [2.24, 2.45) is 10.8 Å². The Hall–Kier alpha value is -1.52. The fraction of sp³-hybridized carbons (Fsp3) is 0.500. The van der Waals surface area contributed by atoms with Gasteiger partial charge in [0.15, 0.2) is 0 Å². The molecule has 0 aromatic carbocycles. The minimum atomic E-state index is -0.607. The number of ether oxygens (including phenoxy) is 1. The molecule has 0 aromatic heterocycles. The van der Waals surface area contributed by atoms with Crippen molar-refractivity contribution in [2.45, 2.75) is 26.4 Å². The van der Waals surface area contributed by atoms with Gasteiger partial charge < -0.3 is 10.5 Å². The van der Waals surface area contributed by atoms with Crippen molar-refractivity contribution in [2.75, 3.05) is 0 Å². The lowest BCUT2D eigenvalue weighted by atomic mass is 10.2. The molecule has 0 atom stereocenters. The first-order chi connectivity index (χ1) is 5.90. The third-order valence-electron chi connectivity index (χ3n) is 0.945. The molecule has 0 rings (SSSR count). The van der Waals surface area contributed by atoms with Gasteiger partial charge in [-0.2, -0.15) is 10.1 Å². The standard InChI is InChI=1S/C8H15N3O2/c1-5-11(10-6-9)7(12)13-8(2,3)4/h5-6H,1H2,2-4H3,(H2,9,10). The zero-order valence-electron chi connectivity index (χ0n) is 8.15. The van der Waals surface area contributed by atoms with Crippen molar-refractivity contribution in [1.29, 1.82) is 0 Å². The Morgan fingerprint density at radius 1 is 1.62 bits per heavy atom. The zero-order chi connectivity index (χ0) is 10.5. The normalized spacial score (nSPS) is 11.3. The highest BCUT2D eigenvalue weighted by molar-refractivity contribution is 5.70. The Labute approximate surface area is 77.8 Å². The molecule has 1 amide bonds. The van der Waals surface area contributed by atoms with E-state index in [1.165, 1.54) is 6.20 Å². The van der Waals surface area contributed by atoms with Crippen molar-refractivity contribution in [1.82, 2.24) is 5.01 Å². The molecule has 0 saturated carbocycles. The van der Waals surface area contributed by atoms with Crippen LogP contribution in [0.1, 0.15) is 20.8 Å². The Morgan fingerprint density at radius 2 is 2.15 bits per heavy atom. The number of nitrogens with two attached hydrogens (primary N) is 1. The average Bonchev–Trinajstić information content (AvgIpc) is 1.96. The summed E-state index contributed by atoms with van der Waals surface area (Å²) in [5.74, 6) is 0. The number of hydrogen-bond donors (Lipinski definition) is 1. The van der Waals surface area contributed by atoms with Crippen LogP contribution in [-0.4, -0.2) is 23.0 Å². The fourth-order valence-corrected chi connectivity index (χ4v) is 0.549. The lowest BCUT2D eigenvalue weighted by molar-refractivity contribution is 0.0340. The molecular formula is C8H15N3O2. The summed E-state index contributed by atoms with van der Waals surface area (Å²) in [6, 6.07) is 0. The predicted octanol–water partition coefficient (Wildman–Crippen LogP) is 1.27. The molecule has 0 spiro atoms. The minimum Gasteiger partial charge on any atom is -0.442 e. The number of rotatable bonds is 2. The molecule has 13 heavy (non-hydrogen) atoms. The van der Waals surface area contributed by atoms with Crippen LogP contribution in [0, 0.1) is 0 Å². The molecule has 0 aliphatic carbocycles. The van der Waals surface area contributed by atoms with Gasteiger partial charge in [0.1, 0.15) is 11.9 Å². The van der Waals surface area contributed by atoms with Gasteiger partial charge in [-0.15, -0.1) is 0 Å². The lowest BCUT2D eigenvalue weighted by Crippen LogP contribution is -2.31. The number of nitrogens with zero attached hydrogens (tertiary/aromatic N) is 2. The summed E-state index contributed by atoms with van der Waals surface area (Å²) in [6.07, 6.45) is 1.60. The quantitative estimate of drug-likeness (QED) is 0.400. The van der Waals surface area contributed by atoms with E-state index in [4.69, 9.17) is 10.5 Å². The monoisotopic (exact) mass is 185 g/mol. The fourth-order valence-electron chi connectivity index (χ4n) is 0.549.